The van der Waals surface area contributed by atoms with Crippen LogP contribution in [0.3, 0.4) is 0 Å². The molecule has 1 saturated heterocycles. The summed E-state index contributed by atoms with van der Waals surface area (Å²) < 4.78 is 12.5. The first-order valence-corrected chi connectivity index (χ1v) is 8.29. The SMILES string of the molecule is CC(=O)NC[C@H]1CN(c2ccc3c(c2)oc(=O)n3CN(C)C)C(C=O)O1. The second-order valence-electron chi connectivity index (χ2n) is 6.54. The van der Waals surface area contributed by atoms with Gasteiger partial charge < -0.3 is 19.4 Å². The first kappa shape index (κ1) is 18.2. The molecule has 9 nitrogen and oxygen atoms in total. The number of fused-ring (bicyclic) bond motifs is 1. The number of carbonyl (C=O) groups is 2. The number of hydrogen-bond acceptors (Lipinski definition) is 7. The van der Waals surface area contributed by atoms with Crippen LogP contribution in [-0.2, 0) is 21.0 Å². The van der Waals surface area contributed by atoms with Crippen LogP contribution in [0.4, 0.5) is 5.69 Å². The minimum absolute atomic E-state index is 0.153. The molecule has 1 unspecified atom stereocenters. The molecule has 0 saturated carbocycles. The fourth-order valence-electron chi connectivity index (χ4n) is 3.02. The standard InChI is InChI=1S/C17H22N4O5/c1-11(23)18-7-13-8-20(16(9-22)25-13)12-4-5-14-15(6-12)26-17(24)21(14)10-19(2)3/h4-6,9,13,16H,7-8,10H2,1-3H3,(H,18,23)/t13-,16?/m0/s1. The molecular weight excluding hydrogens is 340 g/mol. The van der Waals surface area contributed by atoms with E-state index in [0.717, 1.165) is 0 Å². The van der Waals surface area contributed by atoms with Crippen LogP contribution < -0.4 is 16.0 Å². The van der Waals surface area contributed by atoms with Gasteiger partial charge in [-0.15, -0.1) is 0 Å². The average Bonchev–Trinajstić information content (AvgIpc) is 3.13. The van der Waals surface area contributed by atoms with Crippen LogP contribution in [0.5, 0.6) is 0 Å². The number of nitrogens with one attached hydrogen (secondary N) is 1. The molecule has 0 spiro atoms. The number of carbonyl (C=O) groups excluding carboxylic acids is 2. The van der Waals surface area contributed by atoms with Gasteiger partial charge in [-0.1, -0.05) is 0 Å². The summed E-state index contributed by atoms with van der Waals surface area (Å²) >= 11 is 0. The Morgan fingerprint density at radius 1 is 1.42 bits per heavy atom. The van der Waals surface area contributed by atoms with E-state index in [0.29, 0.717) is 42.8 Å². The fourth-order valence-corrected chi connectivity index (χ4v) is 3.02. The number of benzene rings is 1. The van der Waals surface area contributed by atoms with Crippen molar-refractivity contribution in [3.8, 4) is 0 Å². The van der Waals surface area contributed by atoms with Gasteiger partial charge in [0.15, 0.2) is 18.1 Å². The zero-order chi connectivity index (χ0) is 18.8. The Hall–Kier alpha value is -2.65. The maximum atomic E-state index is 12.1. The Bertz CT molecular complexity index is 872. The first-order chi connectivity index (χ1) is 12.4. The first-order valence-electron chi connectivity index (χ1n) is 8.29. The number of aromatic nitrogens is 1. The van der Waals surface area contributed by atoms with Crippen molar-refractivity contribution < 1.29 is 18.7 Å². The lowest BCUT2D eigenvalue weighted by Crippen LogP contribution is -2.33. The van der Waals surface area contributed by atoms with Gasteiger partial charge in [0.2, 0.25) is 5.91 Å². The summed E-state index contributed by atoms with van der Waals surface area (Å²) in [7, 11) is 3.73. The molecule has 1 N–H and O–H groups in total. The summed E-state index contributed by atoms with van der Waals surface area (Å²) in [4.78, 5) is 38.2. The van der Waals surface area contributed by atoms with E-state index in [9.17, 15) is 14.4 Å². The summed E-state index contributed by atoms with van der Waals surface area (Å²) in [5.41, 5.74) is 1.85. The highest BCUT2D eigenvalue weighted by Crippen LogP contribution is 2.27. The van der Waals surface area contributed by atoms with Crippen molar-refractivity contribution in [3.05, 3.63) is 28.7 Å². The van der Waals surface area contributed by atoms with Crippen LogP contribution in [0.15, 0.2) is 27.4 Å². The lowest BCUT2D eigenvalue weighted by molar-refractivity contribution is -0.120. The zero-order valence-electron chi connectivity index (χ0n) is 15.0. The number of ether oxygens (including phenoxy) is 1. The second-order valence-corrected chi connectivity index (χ2v) is 6.54. The zero-order valence-corrected chi connectivity index (χ0v) is 15.0. The molecule has 0 radical (unpaired) electrons. The van der Waals surface area contributed by atoms with Gasteiger partial charge in [-0.3, -0.25) is 19.1 Å². The van der Waals surface area contributed by atoms with Gasteiger partial charge in [0.05, 0.1) is 18.3 Å². The normalized spacial score (nSPS) is 20.1. The third kappa shape index (κ3) is 3.63. The van der Waals surface area contributed by atoms with Crippen molar-refractivity contribution >= 4 is 29.0 Å². The topological polar surface area (TPSA) is 97.0 Å². The van der Waals surface area contributed by atoms with Crippen molar-refractivity contribution in [2.24, 2.45) is 0 Å². The van der Waals surface area contributed by atoms with Crippen molar-refractivity contribution in [1.29, 1.82) is 0 Å². The molecule has 0 bridgehead atoms. The smallest absolute Gasteiger partial charge is 0.408 e. The maximum absolute atomic E-state index is 12.1. The van der Waals surface area contributed by atoms with Crippen molar-refractivity contribution in [3.63, 3.8) is 0 Å². The molecule has 140 valence electrons. The molecule has 2 aromatic rings. The van der Waals surface area contributed by atoms with E-state index in [1.807, 2.05) is 25.1 Å². The number of amides is 1. The van der Waals surface area contributed by atoms with Gasteiger partial charge in [-0.05, 0) is 26.2 Å². The van der Waals surface area contributed by atoms with Crippen LogP contribution in [0, 0.1) is 0 Å². The second kappa shape index (κ2) is 7.30. The number of hydrogen-bond donors (Lipinski definition) is 1. The van der Waals surface area contributed by atoms with Crippen molar-refractivity contribution in [1.82, 2.24) is 14.8 Å². The van der Waals surface area contributed by atoms with E-state index in [2.05, 4.69) is 5.32 Å². The molecule has 1 amide bonds. The Labute approximate surface area is 150 Å². The summed E-state index contributed by atoms with van der Waals surface area (Å²) in [5, 5.41) is 2.69. The van der Waals surface area contributed by atoms with E-state index in [1.54, 1.807) is 17.0 Å². The lowest BCUT2D eigenvalue weighted by atomic mass is 10.2. The van der Waals surface area contributed by atoms with Crippen molar-refractivity contribution in [2.45, 2.75) is 25.9 Å². The van der Waals surface area contributed by atoms with E-state index >= 15 is 0 Å². The molecule has 9 heteroatoms. The quantitative estimate of drug-likeness (QED) is 0.721. The van der Waals surface area contributed by atoms with Crippen LogP contribution in [-0.4, -0.2) is 61.2 Å². The molecular formula is C17H22N4O5. The highest BCUT2D eigenvalue weighted by molar-refractivity contribution is 5.79. The minimum atomic E-state index is -0.748. The van der Waals surface area contributed by atoms with Gasteiger partial charge in [0.1, 0.15) is 0 Å². The predicted molar refractivity (Wildman–Crippen MR) is 94.9 cm³/mol. The van der Waals surface area contributed by atoms with Gasteiger partial charge in [-0.25, -0.2) is 4.79 Å². The largest absolute Gasteiger partial charge is 0.421 e. The van der Waals surface area contributed by atoms with Crippen molar-refractivity contribution in [2.75, 3.05) is 32.1 Å². The summed E-state index contributed by atoms with van der Waals surface area (Å²) in [6.45, 7) is 2.61. The number of oxazole rings is 1. The highest BCUT2D eigenvalue weighted by atomic mass is 16.5. The lowest BCUT2D eigenvalue weighted by Gasteiger charge is -2.20. The van der Waals surface area contributed by atoms with Crippen LogP contribution in [0.2, 0.25) is 0 Å². The summed E-state index contributed by atoms with van der Waals surface area (Å²) in [5.74, 6) is -0.584. The van der Waals surface area contributed by atoms with E-state index < -0.39 is 12.0 Å². The summed E-state index contributed by atoms with van der Waals surface area (Å²) in [6, 6.07) is 5.34. The number of nitrogens with zero attached hydrogens (tertiary/aromatic N) is 3. The van der Waals surface area contributed by atoms with E-state index in [-0.39, 0.29) is 12.0 Å². The molecule has 1 aromatic heterocycles. The van der Waals surface area contributed by atoms with Crippen LogP contribution >= 0.6 is 0 Å². The molecule has 1 aromatic carbocycles. The Balaban J connectivity index is 1.86. The maximum Gasteiger partial charge on any atom is 0.421 e. The third-order valence-electron chi connectivity index (χ3n) is 4.14. The molecule has 3 rings (SSSR count). The predicted octanol–water partition coefficient (Wildman–Crippen LogP) is -0.0201. The van der Waals surface area contributed by atoms with E-state index in [1.165, 1.54) is 11.5 Å². The highest BCUT2D eigenvalue weighted by Gasteiger charge is 2.33. The average molecular weight is 362 g/mol. The van der Waals surface area contributed by atoms with Crippen LogP contribution in [0.25, 0.3) is 11.1 Å². The molecule has 2 heterocycles. The molecule has 1 aliphatic heterocycles. The molecule has 1 fully saturated rings. The number of rotatable bonds is 6. The molecule has 0 aliphatic carbocycles. The van der Waals surface area contributed by atoms with Gasteiger partial charge in [0, 0.05) is 31.8 Å². The Kier molecular flexibility index (Phi) is 5.10. The Morgan fingerprint density at radius 3 is 2.85 bits per heavy atom. The van der Waals surface area contributed by atoms with Crippen LogP contribution in [0.1, 0.15) is 6.92 Å². The molecule has 1 aliphatic rings. The molecule has 2 atom stereocenters. The van der Waals surface area contributed by atoms with Gasteiger partial charge >= 0.3 is 5.76 Å². The number of anilines is 1. The van der Waals surface area contributed by atoms with Gasteiger partial charge in [0.25, 0.3) is 0 Å². The van der Waals surface area contributed by atoms with Gasteiger partial charge in [-0.2, -0.15) is 0 Å². The van der Waals surface area contributed by atoms with E-state index in [4.69, 9.17) is 9.15 Å². The minimum Gasteiger partial charge on any atom is -0.408 e. The third-order valence-corrected chi connectivity index (χ3v) is 4.14. The Morgan fingerprint density at radius 2 is 2.19 bits per heavy atom. The summed E-state index contributed by atoms with van der Waals surface area (Å²) in [6.07, 6.45) is -0.331. The fraction of sp³-hybridized carbons (Fsp3) is 0.471. The number of aldehydes is 1. The molecule has 26 heavy (non-hydrogen) atoms. The monoisotopic (exact) mass is 362 g/mol.